The van der Waals surface area contributed by atoms with Crippen molar-refractivity contribution in [2.24, 2.45) is 0 Å². The average Bonchev–Trinajstić information content (AvgIpc) is 3.32. The molecule has 4 nitrogen and oxygen atoms in total. The Morgan fingerprint density at radius 2 is 1.89 bits per heavy atom. The molecule has 0 saturated heterocycles. The van der Waals surface area contributed by atoms with Crippen LogP contribution in [-0.4, -0.2) is 35.6 Å². The predicted molar refractivity (Wildman–Crippen MR) is 110 cm³/mol. The van der Waals surface area contributed by atoms with Gasteiger partial charge in [0.2, 0.25) is 10.0 Å². The van der Waals surface area contributed by atoms with E-state index < -0.39 is 10.0 Å². The lowest BCUT2D eigenvalue weighted by Gasteiger charge is -2.27. The summed E-state index contributed by atoms with van der Waals surface area (Å²) in [4.78, 5) is 2.34. The molecule has 0 unspecified atom stereocenters. The van der Waals surface area contributed by atoms with E-state index in [9.17, 15) is 12.8 Å². The highest BCUT2D eigenvalue weighted by atomic mass is 32.2. The molecule has 1 fully saturated rings. The van der Waals surface area contributed by atoms with Crippen LogP contribution < -0.4 is 0 Å². The van der Waals surface area contributed by atoms with Crippen LogP contribution in [0.2, 0.25) is 0 Å². The third-order valence-corrected chi connectivity index (χ3v) is 8.59. The van der Waals surface area contributed by atoms with Crippen LogP contribution >= 0.6 is 0 Å². The molecule has 1 saturated carbocycles. The van der Waals surface area contributed by atoms with Crippen molar-refractivity contribution < 1.29 is 12.8 Å². The van der Waals surface area contributed by atoms with Crippen LogP contribution in [0, 0.1) is 5.82 Å². The van der Waals surface area contributed by atoms with Crippen LogP contribution in [0.3, 0.4) is 0 Å². The van der Waals surface area contributed by atoms with Gasteiger partial charge < -0.3 is 4.90 Å². The van der Waals surface area contributed by atoms with E-state index in [0.29, 0.717) is 23.7 Å². The zero-order chi connectivity index (χ0) is 19.3. The molecule has 5 rings (SSSR count). The molecular weight excluding hydrogens is 375 g/mol. The summed E-state index contributed by atoms with van der Waals surface area (Å²) in [5.41, 5.74) is 3.87. The number of hydrogen-bond acceptors (Lipinski definition) is 3. The monoisotopic (exact) mass is 400 g/mol. The summed E-state index contributed by atoms with van der Waals surface area (Å²) in [7, 11) is -3.49. The van der Waals surface area contributed by atoms with E-state index in [1.807, 2.05) is 0 Å². The van der Waals surface area contributed by atoms with Crippen LogP contribution in [0.5, 0.6) is 0 Å². The second-order valence-electron chi connectivity index (χ2n) is 8.14. The molecule has 0 amide bonds. The van der Waals surface area contributed by atoms with Gasteiger partial charge in [-0.15, -0.1) is 0 Å². The van der Waals surface area contributed by atoms with Crippen molar-refractivity contribution in [3.8, 4) is 0 Å². The Morgan fingerprint density at radius 3 is 2.71 bits per heavy atom. The number of hydrogen-bond donors (Lipinski definition) is 0. The molecule has 0 atom stereocenters. The third kappa shape index (κ3) is 2.89. The van der Waals surface area contributed by atoms with Crippen LogP contribution in [-0.2, 0) is 10.0 Å². The van der Waals surface area contributed by atoms with Crippen LogP contribution in [0.15, 0.2) is 42.2 Å². The normalized spacial score (nSPS) is 21.0. The fraction of sp³-hybridized carbons (Fsp3) is 0.455. The number of nitrogens with zero attached hydrogens (tertiary/aromatic N) is 2. The maximum absolute atomic E-state index is 14.1. The molecule has 3 aliphatic rings. The highest BCUT2D eigenvalue weighted by molar-refractivity contribution is 7.90. The van der Waals surface area contributed by atoms with Gasteiger partial charge in [-0.3, -0.25) is 0 Å². The lowest BCUT2D eigenvalue weighted by atomic mass is 10.00. The van der Waals surface area contributed by atoms with Gasteiger partial charge in [0.15, 0.2) is 0 Å². The lowest BCUT2D eigenvalue weighted by molar-refractivity contribution is 0.407. The zero-order valence-electron chi connectivity index (χ0n) is 15.9. The van der Waals surface area contributed by atoms with Crippen molar-refractivity contribution in [1.29, 1.82) is 0 Å². The Hall–Kier alpha value is -2.08. The summed E-state index contributed by atoms with van der Waals surface area (Å²) in [6, 6.07) is 4.45. The number of allylic oxidation sites excluding steroid dienone is 1. The van der Waals surface area contributed by atoms with Gasteiger partial charge in [0.25, 0.3) is 0 Å². The minimum Gasteiger partial charge on any atom is -0.370 e. The van der Waals surface area contributed by atoms with Crippen molar-refractivity contribution >= 4 is 26.5 Å². The van der Waals surface area contributed by atoms with E-state index in [0.717, 1.165) is 56.3 Å². The van der Waals surface area contributed by atoms with Crippen molar-refractivity contribution in [3.63, 3.8) is 0 Å². The van der Waals surface area contributed by atoms with Crippen molar-refractivity contribution in [3.05, 3.63) is 53.6 Å². The molecule has 0 bridgehead atoms. The summed E-state index contributed by atoms with van der Waals surface area (Å²) < 4.78 is 42.3. The smallest absolute Gasteiger partial charge is 0.241 e. The van der Waals surface area contributed by atoms with Gasteiger partial charge in [-0.1, -0.05) is 31.4 Å². The van der Waals surface area contributed by atoms with Gasteiger partial charge in [0.1, 0.15) is 5.82 Å². The van der Waals surface area contributed by atoms with E-state index >= 15 is 0 Å². The summed E-state index contributed by atoms with van der Waals surface area (Å²) >= 11 is 0. The topological polar surface area (TPSA) is 42.3 Å². The summed E-state index contributed by atoms with van der Waals surface area (Å²) in [6.45, 7) is 1.75. The standard InChI is InChI=1S/C22H25FN2O2S/c23-17-9-11-22-20(13-17)21(16-8-10-18-5-4-12-24(18)14-16)15-25(22)28(26,27)19-6-2-1-3-7-19/h5,8-9,11,13,15,19H,1-4,6-7,10,12,14H2. The quantitative estimate of drug-likeness (QED) is 0.752. The summed E-state index contributed by atoms with van der Waals surface area (Å²) in [6.07, 6.45) is 12.5. The number of aromatic nitrogens is 1. The molecule has 3 heterocycles. The fourth-order valence-electron chi connectivity index (χ4n) is 4.91. The molecule has 1 aromatic carbocycles. The number of halogens is 1. The number of fused-ring (bicyclic) bond motifs is 2. The van der Waals surface area contributed by atoms with Crippen molar-refractivity contribution in [2.75, 3.05) is 13.1 Å². The largest absolute Gasteiger partial charge is 0.370 e. The van der Waals surface area contributed by atoms with Crippen LogP contribution in [0.25, 0.3) is 16.5 Å². The zero-order valence-corrected chi connectivity index (χ0v) is 16.7. The van der Waals surface area contributed by atoms with Crippen LogP contribution in [0.4, 0.5) is 4.39 Å². The first-order chi connectivity index (χ1) is 13.5. The molecule has 148 valence electrons. The molecule has 28 heavy (non-hydrogen) atoms. The molecule has 1 aliphatic carbocycles. The van der Waals surface area contributed by atoms with Gasteiger partial charge in [-0.25, -0.2) is 16.8 Å². The molecular formula is C22H25FN2O2S. The molecule has 1 aromatic heterocycles. The van der Waals surface area contributed by atoms with Gasteiger partial charge in [-0.05, 0) is 43.0 Å². The van der Waals surface area contributed by atoms with E-state index in [4.69, 9.17) is 0 Å². The van der Waals surface area contributed by atoms with E-state index in [-0.39, 0.29) is 11.1 Å². The highest BCUT2D eigenvalue weighted by Gasteiger charge is 2.31. The Kier molecular flexibility index (Phi) is 4.34. The average molecular weight is 401 g/mol. The van der Waals surface area contributed by atoms with Gasteiger partial charge in [0, 0.05) is 42.4 Å². The van der Waals surface area contributed by atoms with Gasteiger partial charge in [0.05, 0.1) is 10.8 Å². The second kappa shape index (κ2) is 6.76. The second-order valence-corrected chi connectivity index (χ2v) is 10.2. The molecule has 2 aliphatic heterocycles. The highest BCUT2D eigenvalue weighted by Crippen LogP contribution is 2.36. The SMILES string of the molecule is O=S(=O)(C1CCCCC1)n1cc(C2=CCC3=CCCN3C2)c2cc(F)ccc21. The number of rotatable bonds is 3. The molecule has 6 heteroatoms. The van der Waals surface area contributed by atoms with Crippen molar-refractivity contribution in [2.45, 2.75) is 50.2 Å². The fourth-order valence-corrected chi connectivity index (χ4v) is 6.84. The van der Waals surface area contributed by atoms with Gasteiger partial charge in [-0.2, -0.15) is 0 Å². The Balaban J connectivity index is 1.63. The maximum atomic E-state index is 14.1. The molecule has 2 aromatic rings. The van der Waals surface area contributed by atoms with E-state index in [2.05, 4.69) is 17.1 Å². The van der Waals surface area contributed by atoms with E-state index in [1.54, 1.807) is 12.3 Å². The molecule has 0 spiro atoms. The third-order valence-electron chi connectivity index (χ3n) is 6.43. The maximum Gasteiger partial charge on any atom is 0.241 e. The first-order valence-corrected chi connectivity index (χ1v) is 11.7. The van der Waals surface area contributed by atoms with Gasteiger partial charge >= 0.3 is 0 Å². The molecule has 0 N–H and O–H groups in total. The first kappa shape index (κ1) is 18.0. The van der Waals surface area contributed by atoms with Crippen molar-refractivity contribution in [1.82, 2.24) is 8.87 Å². The minimum absolute atomic E-state index is 0.334. The predicted octanol–water partition coefficient (Wildman–Crippen LogP) is 4.67. The Morgan fingerprint density at radius 1 is 1.07 bits per heavy atom. The Labute approximate surface area is 165 Å². The summed E-state index contributed by atoms with van der Waals surface area (Å²) in [5.74, 6) is -0.334. The van der Waals surface area contributed by atoms with E-state index in [1.165, 1.54) is 21.8 Å². The van der Waals surface area contributed by atoms with Crippen LogP contribution in [0.1, 0.15) is 50.5 Å². The minimum atomic E-state index is -3.49. The Bertz CT molecular complexity index is 1090. The lowest BCUT2D eigenvalue weighted by Crippen LogP contribution is -2.29. The first-order valence-electron chi connectivity index (χ1n) is 10.2. The molecule has 0 radical (unpaired) electrons. The number of benzene rings is 1. The summed E-state index contributed by atoms with van der Waals surface area (Å²) in [5, 5.41) is 0.348.